The van der Waals surface area contributed by atoms with E-state index in [0.29, 0.717) is 6.54 Å². The second-order valence-corrected chi connectivity index (χ2v) is 5.35. The molecule has 4 nitrogen and oxygen atoms in total. The first kappa shape index (κ1) is 14.0. The van der Waals surface area contributed by atoms with Crippen LogP contribution in [0.4, 0.5) is 5.69 Å². The number of amides is 1. The predicted octanol–water partition coefficient (Wildman–Crippen LogP) is 1.46. The maximum atomic E-state index is 12.1. The zero-order chi connectivity index (χ0) is 13.8. The summed E-state index contributed by atoms with van der Waals surface area (Å²) in [6.07, 6.45) is 0. The van der Waals surface area contributed by atoms with Crippen molar-refractivity contribution in [3.05, 3.63) is 28.8 Å². The van der Waals surface area contributed by atoms with Crippen LogP contribution in [0.5, 0.6) is 0 Å². The van der Waals surface area contributed by atoms with Crippen LogP contribution in [0, 0.1) is 20.8 Å². The highest BCUT2D eigenvalue weighted by atomic mass is 16.2. The van der Waals surface area contributed by atoms with Gasteiger partial charge in [0.15, 0.2) is 0 Å². The lowest BCUT2D eigenvalue weighted by molar-refractivity contribution is -0.117. The molecule has 1 aliphatic rings. The Bertz CT molecular complexity index is 441. The molecule has 1 heterocycles. The first-order valence-corrected chi connectivity index (χ1v) is 6.87. The van der Waals surface area contributed by atoms with Crippen LogP contribution < -0.4 is 10.6 Å². The molecule has 0 saturated carbocycles. The summed E-state index contributed by atoms with van der Waals surface area (Å²) >= 11 is 0. The SMILES string of the molecule is Cc1cc(C)c(NC(=O)CN2CCNCC2)c(C)c1. The van der Waals surface area contributed by atoms with Gasteiger partial charge in [-0.15, -0.1) is 0 Å². The van der Waals surface area contributed by atoms with Crippen molar-refractivity contribution in [1.29, 1.82) is 0 Å². The first-order valence-electron chi connectivity index (χ1n) is 6.87. The Morgan fingerprint density at radius 1 is 1.21 bits per heavy atom. The molecule has 1 saturated heterocycles. The summed E-state index contributed by atoms with van der Waals surface area (Å²) in [6, 6.07) is 4.21. The molecule has 1 aromatic rings. The van der Waals surface area contributed by atoms with Crippen molar-refractivity contribution in [3.8, 4) is 0 Å². The molecule has 2 N–H and O–H groups in total. The standard InChI is InChI=1S/C15H23N3O/c1-11-8-12(2)15(13(3)9-11)17-14(19)10-18-6-4-16-5-7-18/h8-9,16H,4-7,10H2,1-3H3,(H,17,19). The van der Waals surface area contributed by atoms with E-state index in [-0.39, 0.29) is 5.91 Å². The zero-order valence-corrected chi connectivity index (χ0v) is 12.0. The molecule has 0 radical (unpaired) electrons. The number of carbonyl (C=O) groups is 1. The second-order valence-electron chi connectivity index (χ2n) is 5.35. The highest BCUT2D eigenvalue weighted by Crippen LogP contribution is 2.21. The number of nitrogens with one attached hydrogen (secondary N) is 2. The maximum absolute atomic E-state index is 12.1. The summed E-state index contributed by atoms with van der Waals surface area (Å²) in [7, 11) is 0. The molecule has 1 aliphatic heterocycles. The van der Waals surface area contributed by atoms with Crippen LogP contribution in [0.1, 0.15) is 16.7 Å². The lowest BCUT2D eigenvalue weighted by Gasteiger charge is -2.26. The van der Waals surface area contributed by atoms with Crippen molar-refractivity contribution in [3.63, 3.8) is 0 Å². The van der Waals surface area contributed by atoms with Crippen LogP contribution >= 0.6 is 0 Å². The molecule has 1 fully saturated rings. The van der Waals surface area contributed by atoms with Crippen LogP contribution in [0.3, 0.4) is 0 Å². The van der Waals surface area contributed by atoms with Gasteiger partial charge in [0.25, 0.3) is 0 Å². The van der Waals surface area contributed by atoms with Gasteiger partial charge >= 0.3 is 0 Å². The second kappa shape index (κ2) is 6.17. The molecular formula is C15H23N3O. The van der Waals surface area contributed by atoms with E-state index in [0.717, 1.165) is 43.0 Å². The van der Waals surface area contributed by atoms with Crippen LogP contribution in [0.2, 0.25) is 0 Å². The molecule has 1 aromatic carbocycles. The number of rotatable bonds is 3. The van der Waals surface area contributed by atoms with Crippen molar-refractivity contribution in [1.82, 2.24) is 10.2 Å². The van der Waals surface area contributed by atoms with Crippen molar-refractivity contribution >= 4 is 11.6 Å². The Hall–Kier alpha value is -1.39. The van der Waals surface area contributed by atoms with Gasteiger partial charge in [-0.25, -0.2) is 0 Å². The molecule has 0 aromatic heterocycles. The first-order chi connectivity index (χ1) is 9.06. The van der Waals surface area contributed by atoms with Gasteiger partial charge in [-0.2, -0.15) is 0 Å². The summed E-state index contributed by atoms with van der Waals surface area (Å²) in [5.41, 5.74) is 4.46. The largest absolute Gasteiger partial charge is 0.324 e. The Morgan fingerprint density at radius 3 is 2.37 bits per heavy atom. The maximum Gasteiger partial charge on any atom is 0.238 e. The Morgan fingerprint density at radius 2 is 1.79 bits per heavy atom. The van der Waals surface area contributed by atoms with Gasteiger partial charge in [0.2, 0.25) is 5.91 Å². The number of benzene rings is 1. The fourth-order valence-electron chi connectivity index (χ4n) is 2.63. The summed E-state index contributed by atoms with van der Waals surface area (Å²) in [6.45, 7) is 10.5. The van der Waals surface area contributed by atoms with Crippen molar-refractivity contribution < 1.29 is 4.79 Å². The van der Waals surface area contributed by atoms with E-state index in [2.05, 4.69) is 34.6 Å². The van der Waals surface area contributed by atoms with E-state index >= 15 is 0 Å². The summed E-state index contributed by atoms with van der Waals surface area (Å²) in [4.78, 5) is 14.3. The van der Waals surface area contributed by atoms with E-state index in [9.17, 15) is 4.79 Å². The van der Waals surface area contributed by atoms with Crippen LogP contribution in [0.25, 0.3) is 0 Å². The Kier molecular flexibility index (Phi) is 4.56. The van der Waals surface area contributed by atoms with Gasteiger partial charge in [-0.05, 0) is 31.9 Å². The molecule has 0 atom stereocenters. The molecule has 0 bridgehead atoms. The number of piperazine rings is 1. The van der Waals surface area contributed by atoms with E-state index < -0.39 is 0 Å². The summed E-state index contributed by atoms with van der Waals surface area (Å²) in [5.74, 6) is 0.0805. The molecule has 4 heteroatoms. The fraction of sp³-hybridized carbons (Fsp3) is 0.533. The normalized spacial score (nSPS) is 16.4. The van der Waals surface area contributed by atoms with E-state index in [1.165, 1.54) is 5.56 Å². The van der Waals surface area contributed by atoms with E-state index in [1.807, 2.05) is 13.8 Å². The molecule has 0 unspecified atom stereocenters. The van der Waals surface area contributed by atoms with Gasteiger partial charge in [-0.3, -0.25) is 9.69 Å². The molecule has 0 spiro atoms. The average molecular weight is 261 g/mol. The highest BCUT2D eigenvalue weighted by molar-refractivity contribution is 5.93. The zero-order valence-electron chi connectivity index (χ0n) is 12.0. The molecular weight excluding hydrogens is 238 g/mol. The van der Waals surface area contributed by atoms with Gasteiger partial charge in [0, 0.05) is 31.9 Å². The minimum absolute atomic E-state index is 0.0805. The number of nitrogens with zero attached hydrogens (tertiary/aromatic N) is 1. The van der Waals surface area contributed by atoms with E-state index in [1.54, 1.807) is 0 Å². The molecule has 104 valence electrons. The minimum Gasteiger partial charge on any atom is -0.324 e. The minimum atomic E-state index is 0.0805. The average Bonchev–Trinajstić information content (AvgIpc) is 2.35. The van der Waals surface area contributed by atoms with Crippen LogP contribution in [0.15, 0.2) is 12.1 Å². The Balaban J connectivity index is 1.98. The van der Waals surface area contributed by atoms with Gasteiger partial charge in [0.1, 0.15) is 0 Å². The third-order valence-electron chi connectivity index (χ3n) is 3.52. The third kappa shape index (κ3) is 3.78. The fourth-order valence-corrected chi connectivity index (χ4v) is 2.63. The van der Waals surface area contributed by atoms with Crippen molar-refractivity contribution in [2.75, 3.05) is 38.0 Å². The lowest BCUT2D eigenvalue weighted by atomic mass is 10.1. The number of hydrogen-bond donors (Lipinski definition) is 2. The molecule has 19 heavy (non-hydrogen) atoms. The monoisotopic (exact) mass is 261 g/mol. The summed E-state index contributed by atoms with van der Waals surface area (Å²) < 4.78 is 0. The van der Waals surface area contributed by atoms with Gasteiger partial charge in [0.05, 0.1) is 6.54 Å². The summed E-state index contributed by atoms with van der Waals surface area (Å²) in [5, 5.41) is 6.34. The third-order valence-corrected chi connectivity index (χ3v) is 3.52. The van der Waals surface area contributed by atoms with Gasteiger partial charge in [-0.1, -0.05) is 17.7 Å². The number of hydrogen-bond acceptors (Lipinski definition) is 3. The Labute approximate surface area is 115 Å². The number of aryl methyl sites for hydroxylation is 3. The quantitative estimate of drug-likeness (QED) is 0.865. The van der Waals surface area contributed by atoms with Crippen molar-refractivity contribution in [2.24, 2.45) is 0 Å². The highest BCUT2D eigenvalue weighted by Gasteiger charge is 2.14. The van der Waals surface area contributed by atoms with E-state index in [4.69, 9.17) is 0 Å². The number of carbonyl (C=O) groups excluding carboxylic acids is 1. The molecule has 1 amide bonds. The van der Waals surface area contributed by atoms with Crippen LogP contribution in [-0.2, 0) is 4.79 Å². The molecule has 0 aliphatic carbocycles. The lowest BCUT2D eigenvalue weighted by Crippen LogP contribution is -2.46. The smallest absolute Gasteiger partial charge is 0.238 e. The predicted molar refractivity (Wildman–Crippen MR) is 78.6 cm³/mol. The van der Waals surface area contributed by atoms with Gasteiger partial charge < -0.3 is 10.6 Å². The molecule has 2 rings (SSSR count). The van der Waals surface area contributed by atoms with Crippen LogP contribution in [-0.4, -0.2) is 43.5 Å². The number of anilines is 1. The van der Waals surface area contributed by atoms with Crippen molar-refractivity contribution in [2.45, 2.75) is 20.8 Å². The topological polar surface area (TPSA) is 44.4 Å².